The normalized spacial score (nSPS) is 12.8. The molecule has 16 nitrogen and oxygen atoms in total. The molecule has 2 unspecified atom stereocenters. The molecule has 0 amide bonds. The van der Waals surface area contributed by atoms with Crippen LogP contribution in [-0.4, -0.2) is 75.3 Å². The molecule has 0 aliphatic rings. The van der Waals surface area contributed by atoms with E-state index < -0.39 is 70.7 Å². The monoisotopic (exact) mass is 1590 g/mol. The molecule has 0 saturated carbocycles. The Morgan fingerprint density at radius 2 is 0.359 bits per heavy atom. The number of aliphatic hydroxyl groups excluding tert-OH is 2. The third-order valence-corrected chi connectivity index (χ3v) is 22.5. The summed E-state index contributed by atoms with van der Waals surface area (Å²) < 4.78 is 32.3. The van der Waals surface area contributed by atoms with Gasteiger partial charge in [0.15, 0.2) is 0 Å². The molecule has 0 aromatic rings. The van der Waals surface area contributed by atoms with Crippen LogP contribution in [0.3, 0.4) is 0 Å². The van der Waals surface area contributed by atoms with Gasteiger partial charge in [-0.15, -0.1) is 0 Å². The number of hydrogen-bond donors (Lipinski definition) is 2. The van der Waals surface area contributed by atoms with Crippen molar-refractivity contribution in [2.75, 3.05) is 52.9 Å². The third kappa shape index (κ3) is 77.3. The Hall–Kier alpha value is 1.57. The van der Waals surface area contributed by atoms with Crippen molar-refractivity contribution in [2.45, 2.75) is 464 Å². The average Bonchev–Trinajstić information content (AvgIpc) is 0.837. The summed E-state index contributed by atoms with van der Waals surface area (Å²) in [6, 6.07) is 0. The van der Waals surface area contributed by atoms with Crippen LogP contribution in [0.15, 0.2) is 0 Å². The summed E-state index contributed by atoms with van der Waals surface area (Å²) in [5.74, 6) is 0. The Balaban J connectivity index is -0.00000192. The molecule has 0 heterocycles. The molecular formula is C82H164NiO16P4-6. The van der Waals surface area contributed by atoms with Crippen molar-refractivity contribution in [3.05, 3.63) is 0 Å². The molecule has 0 radical (unpaired) electrons. The standard InChI is InChI=1S/2C41H82O8P2.Ni/c2*1-3-5-7-9-11-13-15-17-19-21-23-25-27-29-31-33-35-40(41(37-42,38-48-50(43)44)39-49-51(45)46)47-36-34-32-30-28-26-24-22-20-18-16-14-12-10-8-6-4-2;/h2*40,42H,3-39H2,1-2H3;/q2*-4;+2. The molecule has 0 saturated heterocycles. The largest absolute Gasteiger partial charge is 2.00 e. The summed E-state index contributed by atoms with van der Waals surface area (Å²) in [6.07, 6.45) is 81.7. The predicted octanol–water partition coefficient (Wildman–Crippen LogP) is 20.4. The molecule has 0 aromatic heterocycles. The number of unbranched alkanes of at least 4 members (excludes halogenated alkanes) is 60. The zero-order valence-corrected chi connectivity index (χ0v) is 71.8. The Labute approximate surface area is 651 Å². The Bertz CT molecular complexity index is 1440. The van der Waals surface area contributed by atoms with Gasteiger partial charge in [0.2, 0.25) is 0 Å². The number of hydrogen-bond acceptors (Lipinski definition) is 16. The first-order valence-corrected chi connectivity index (χ1v) is 47.8. The Kier molecular flexibility index (Phi) is 92.4. The van der Waals surface area contributed by atoms with E-state index in [4.69, 9.17) is 27.6 Å². The molecule has 624 valence electrons. The van der Waals surface area contributed by atoms with Crippen LogP contribution in [-0.2, 0) is 44.1 Å². The van der Waals surface area contributed by atoms with Crippen LogP contribution in [0, 0.1) is 10.8 Å². The van der Waals surface area contributed by atoms with Crippen molar-refractivity contribution in [1.29, 1.82) is 0 Å². The first kappa shape index (κ1) is 109. The van der Waals surface area contributed by atoms with Crippen LogP contribution < -0.4 is 39.1 Å². The minimum Gasteiger partial charge on any atom is -0.820 e. The Morgan fingerprint density at radius 3 is 0.495 bits per heavy atom. The summed E-state index contributed by atoms with van der Waals surface area (Å²) in [4.78, 5) is 90.4. The van der Waals surface area contributed by atoms with Crippen LogP contribution in [0.2, 0.25) is 0 Å². The SMILES string of the molecule is CCCCCCCCCCCCCCCCCCOC(CCCCCCCCCCCCCCCCCC)C(CO)(COP([O-])[O-])COP([O-])[O-].CCCCCCCCCCCCCCCCCCOC(CCCCCCCCCCCCCCCCCC)C(CO)(COP([O-])[O-])COP([O-])[O-].[Ni+2]. The molecule has 0 aliphatic heterocycles. The van der Waals surface area contributed by atoms with Crippen molar-refractivity contribution in [3.63, 3.8) is 0 Å². The maximum Gasteiger partial charge on any atom is 2.00 e. The van der Waals surface area contributed by atoms with Crippen LogP contribution >= 0.6 is 34.4 Å². The minimum atomic E-state index is -3.16. The van der Waals surface area contributed by atoms with Gasteiger partial charge in [0.05, 0.1) is 62.7 Å². The van der Waals surface area contributed by atoms with E-state index in [1.165, 1.54) is 334 Å². The maximum absolute atomic E-state index is 11.3. The van der Waals surface area contributed by atoms with Crippen molar-refractivity contribution < 1.29 is 93.4 Å². The van der Waals surface area contributed by atoms with E-state index >= 15 is 0 Å². The first-order valence-electron chi connectivity index (χ1n) is 43.4. The van der Waals surface area contributed by atoms with Crippen molar-refractivity contribution >= 4 is 34.4 Å². The molecule has 103 heavy (non-hydrogen) atoms. The van der Waals surface area contributed by atoms with Crippen molar-refractivity contribution in [3.8, 4) is 0 Å². The molecule has 0 fully saturated rings. The van der Waals surface area contributed by atoms with Gasteiger partial charge < -0.3 is 76.9 Å². The van der Waals surface area contributed by atoms with E-state index in [9.17, 15) is 49.4 Å². The number of rotatable bonds is 86. The molecular weight excluding hydrogens is 1420 g/mol. The van der Waals surface area contributed by atoms with Gasteiger partial charge in [-0.2, -0.15) is 34.4 Å². The topological polar surface area (TPSA) is 280 Å². The molecule has 0 spiro atoms. The second kappa shape index (κ2) is 87.5. The average molecular weight is 1590 g/mol. The Morgan fingerprint density at radius 1 is 0.223 bits per heavy atom. The molecule has 21 heteroatoms. The van der Waals surface area contributed by atoms with Crippen molar-refractivity contribution in [2.24, 2.45) is 10.8 Å². The summed E-state index contributed by atoms with van der Waals surface area (Å²) >= 11 is 0. The molecule has 2 atom stereocenters. The quantitative estimate of drug-likeness (QED) is 0.0325. The van der Waals surface area contributed by atoms with Gasteiger partial charge >= 0.3 is 16.5 Å². The van der Waals surface area contributed by atoms with E-state index in [-0.39, 0.29) is 42.9 Å². The fraction of sp³-hybridized carbons (Fsp3) is 1.00. The van der Waals surface area contributed by atoms with Gasteiger partial charge in [0.1, 0.15) is 0 Å². The second-order valence-electron chi connectivity index (χ2n) is 30.5. The van der Waals surface area contributed by atoms with Gasteiger partial charge in [0.25, 0.3) is 0 Å². The predicted molar refractivity (Wildman–Crippen MR) is 417 cm³/mol. The van der Waals surface area contributed by atoms with E-state index in [2.05, 4.69) is 27.7 Å². The zero-order chi connectivity index (χ0) is 75.0. The summed E-state index contributed by atoms with van der Waals surface area (Å²) in [6.45, 7) is 7.48. The first-order chi connectivity index (χ1) is 49.8. The summed E-state index contributed by atoms with van der Waals surface area (Å²) in [7, 11) is -12.7. The number of ether oxygens (including phenoxy) is 2. The summed E-state index contributed by atoms with van der Waals surface area (Å²) in [5, 5.41) is 20.8. The van der Waals surface area contributed by atoms with Gasteiger partial charge in [-0.05, 0) is 25.7 Å². The van der Waals surface area contributed by atoms with Crippen LogP contribution in [0.1, 0.15) is 451 Å². The van der Waals surface area contributed by atoms with Gasteiger partial charge in [0, 0.05) is 13.2 Å². The van der Waals surface area contributed by atoms with Crippen LogP contribution in [0.4, 0.5) is 0 Å². The molecule has 0 rings (SSSR count). The third-order valence-electron chi connectivity index (χ3n) is 21.1. The smallest absolute Gasteiger partial charge is 0.820 e. The van der Waals surface area contributed by atoms with Gasteiger partial charge in [-0.1, -0.05) is 426 Å². The van der Waals surface area contributed by atoms with E-state index in [0.29, 0.717) is 26.1 Å². The van der Waals surface area contributed by atoms with Crippen molar-refractivity contribution in [1.82, 2.24) is 0 Å². The van der Waals surface area contributed by atoms with Gasteiger partial charge in [-0.3, -0.25) is 0 Å². The van der Waals surface area contributed by atoms with E-state index in [0.717, 1.165) is 77.0 Å². The second-order valence-corrected chi connectivity index (χ2v) is 33.4. The number of aliphatic hydroxyl groups is 2. The van der Waals surface area contributed by atoms with E-state index in [1.807, 2.05) is 0 Å². The minimum absolute atomic E-state index is 0. The van der Waals surface area contributed by atoms with Gasteiger partial charge in [-0.25, -0.2) is 0 Å². The fourth-order valence-electron chi connectivity index (χ4n) is 14.2. The van der Waals surface area contributed by atoms with E-state index in [1.54, 1.807) is 0 Å². The van der Waals surface area contributed by atoms with Crippen LogP contribution in [0.5, 0.6) is 0 Å². The molecule has 0 aliphatic carbocycles. The molecule has 0 bridgehead atoms. The molecule has 2 N–H and O–H groups in total. The zero-order valence-electron chi connectivity index (χ0n) is 67.2. The molecule has 0 aromatic carbocycles. The fourth-order valence-corrected chi connectivity index (χ4v) is 15.7. The maximum atomic E-state index is 11.3. The summed E-state index contributed by atoms with van der Waals surface area (Å²) in [5.41, 5.74) is -2.56. The van der Waals surface area contributed by atoms with Crippen LogP contribution in [0.25, 0.3) is 0 Å².